The molecule has 3 fully saturated rings. The number of carbonyl (C=O) groups is 1. The van der Waals surface area contributed by atoms with E-state index in [4.69, 9.17) is 4.52 Å². The van der Waals surface area contributed by atoms with Gasteiger partial charge in [-0.1, -0.05) is 5.16 Å². The maximum Gasteiger partial charge on any atom is 0.227 e. The van der Waals surface area contributed by atoms with Crippen LogP contribution in [0.25, 0.3) is 11.3 Å². The second-order valence-electron chi connectivity index (χ2n) is 7.48. The van der Waals surface area contributed by atoms with Crippen molar-refractivity contribution in [3.63, 3.8) is 0 Å². The molecule has 3 aliphatic rings. The van der Waals surface area contributed by atoms with E-state index in [0.717, 1.165) is 48.6 Å². The zero-order valence-corrected chi connectivity index (χ0v) is 16.2. The molecule has 0 spiro atoms. The molecule has 0 aromatic carbocycles. The number of thiazole rings is 1. The Labute approximate surface area is 167 Å². The van der Waals surface area contributed by atoms with Gasteiger partial charge in [0, 0.05) is 48.5 Å². The third-order valence-electron chi connectivity index (χ3n) is 5.60. The van der Waals surface area contributed by atoms with Crippen molar-refractivity contribution in [2.75, 3.05) is 13.1 Å². The Morgan fingerprint density at radius 1 is 1.18 bits per heavy atom. The van der Waals surface area contributed by atoms with E-state index < -0.39 is 0 Å². The fraction of sp³-hybridized carbons (Fsp3) is 0.400. The minimum Gasteiger partial charge on any atom is -0.359 e. The smallest absolute Gasteiger partial charge is 0.227 e. The quantitative estimate of drug-likeness (QED) is 0.661. The number of nitrogens with zero attached hydrogens (tertiary/aromatic N) is 5. The van der Waals surface area contributed by atoms with Gasteiger partial charge in [0.2, 0.25) is 5.91 Å². The van der Waals surface area contributed by atoms with Crippen LogP contribution >= 0.6 is 11.3 Å². The van der Waals surface area contributed by atoms with Crippen molar-refractivity contribution in [1.82, 2.24) is 24.9 Å². The molecule has 0 saturated carbocycles. The molecule has 3 saturated heterocycles. The van der Waals surface area contributed by atoms with E-state index in [2.05, 4.69) is 20.0 Å². The van der Waals surface area contributed by atoms with E-state index in [-0.39, 0.29) is 17.9 Å². The van der Waals surface area contributed by atoms with Crippen molar-refractivity contribution in [3.8, 4) is 11.3 Å². The standard InChI is InChI=1S/C20H21N5O2S/c26-20-15-1-2-17(25(20)9-16-12-28-13-22-16)10-24(8-15)11-18-7-19(23-27-18)14-3-5-21-6-4-14/h3-7,12-13,15,17H,1-2,8-11H2/t15-,17+/m0/s1. The van der Waals surface area contributed by atoms with Crippen LogP contribution in [-0.2, 0) is 17.9 Å². The Hall–Kier alpha value is -2.58. The normalized spacial score (nSPS) is 22.6. The lowest BCUT2D eigenvalue weighted by molar-refractivity contribution is -0.140. The maximum absolute atomic E-state index is 13.0. The number of piperidine rings is 1. The summed E-state index contributed by atoms with van der Waals surface area (Å²) in [5, 5.41) is 6.22. The van der Waals surface area contributed by atoms with E-state index in [1.165, 1.54) is 0 Å². The molecule has 3 aromatic heterocycles. The summed E-state index contributed by atoms with van der Waals surface area (Å²) in [5.41, 5.74) is 4.61. The first kappa shape index (κ1) is 17.5. The zero-order valence-electron chi connectivity index (χ0n) is 15.4. The number of rotatable bonds is 5. The third kappa shape index (κ3) is 3.45. The average Bonchev–Trinajstić information content (AvgIpc) is 3.33. The molecule has 3 aromatic rings. The Kier molecular flexibility index (Phi) is 4.66. The van der Waals surface area contributed by atoms with Gasteiger partial charge in [-0.05, 0) is 25.0 Å². The van der Waals surface area contributed by atoms with Gasteiger partial charge in [-0.15, -0.1) is 11.3 Å². The Morgan fingerprint density at radius 2 is 2.07 bits per heavy atom. The van der Waals surface area contributed by atoms with E-state index in [1.54, 1.807) is 23.7 Å². The van der Waals surface area contributed by atoms with Crippen molar-refractivity contribution in [3.05, 3.63) is 52.9 Å². The molecule has 2 bridgehead atoms. The molecule has 6 heterocycles. The molecule has 0 radical (unpaired) electrons. The summed E-state index contributed by atoms with van der Waals surface area (Å²) in [5.74, 6) is 1.15. The van der Waals surface area contributed by atoms with E-state index in [9.17, 15) is 4.79 Å². The average molecular weight is 395 g/mol. The summed E-state index contributed by atoms with van der Waals surface area (Å²) in [6, 6.07) is 6.05. The molecular formula is C20H21N5O2S. The molecule has 0 N–H and O–H groups in total. The van der Waals surface area contributed by atoms with Crippen molar-refractivity contribution in [2.45, 2.75) is 32.0 Å². The molecule has 3 aliphatic heterocycles. The third-order valence-corrected chi connectivity index (χ3v) is 6.23. The number of hydrogen-bond donors (Lipinski definition) is 0. The fourth-order valence-electron chi connectivity index (χ4n) is 4.22. The van der Waals surface area contributed by atoms with Crippen LogP contribution in [-0.4, -0.2) is 50.0 Å². The lowest BCUT2D eigenvalue weighted by Gasteiger charge is -2.35. The highest BCUT2D eigenvalue weighted by atomic mass is 32.1. The summed E-state index contributed by atoms with van der Waals surface area (Å²) in [6.07, 6.45) is 5.51. The first-order valence-corrected chi connectivity index (χ1v) is 10.5. The van der Waals surface area contributed by atoms with Crippen LogP contribution in [0.2, 0.25) is 0 Å². The van der Waals surface area contributed by atoms with Crippen LogP contribution in [0.4, 0.5) is 0 Å². The van der Waals surface area contributed by atoms with Crippen molar-refractivity contribution in [2.24, 2.45) is 5.92 Å². The first-order chi connectivity index (χ1) is 13.8. The van der Waals surface area contributed by atoms with Crippen molar-refractivity contribution in [1.29, 1.82) is 0 Å². The predicted molar refractivity (Wildman–Crippen MR) is 104 cm³/mol. The highest BCUT2D eigenvalue weighted by Gasteiger charge is 2.40. The van der Waals surface area contributed by atoms with E-state index in [1.807, 2.05) is 34.0 Å². The Bertz CT molecular complexity index is 943. The number of carbonyl (C=O) groups excluding carboxylic acids is 1. The van der Waals surface area contributed by atoms with Crippen LogP contribution in [0, 0.1) is 5.92 Å². The lowest BCUT2D eigenvalue weighted by atomic mass is 9.94. The number of amides is 1. The molecule has 0 aliphatic carbocycles. The van der Waals surface area contributed by atoms with Gasteiger partial charge in [0.1, 0.15) is 5.69 Å². The highest BCUT2D eigenvalue weighted by Crippen LogP contribution is 2.31. The highest BCUT2D eigenvalue weighted by molar-refractivity contribution is 7.07. The van der Waals surface area contributed by atoms with Crippen LogP contribution in [0.5, 0.6) is 0 Å². The zero-order chi connectivity index (χ0) is 18.9. The maximum atomic E-state index is 13.0. The van der Waals surface area contributed by atoms with Gasteiger partial charge in [-0.3, -0.25) is 14.7 Å². The van der Waals surface area contributed by atoms with Crippen molar-refractivity contribution >= 4 is 17.2 Å². The molecule has 6 rings (SSSR count). The minimum absolute atomic E-state index is 0.0555. The van der Waals surface area contributed by atoms with Gasteiger partial charge >= 0.3 is 0 Å². The SMILES string of the molecule is O=C1[C@H]2CC[C@H](CN(Cc3cc(-c4ccncc4)no3)C2)N1Cc1cscn1. The summed E-state index contributed by atoms with van der Waals surface area (Å²) < 4.78 is 5.57. The molecule has 8 heteroatoms. The number of fused-ring (bicyclic) bond motifs is 4. The Morgan fingerprint density at radius 3 is 2.89 bits per heavy atom. The number of hydrogen-bond acceptors (Lipinski definition) is 7. The van der Waals surface area contributed by atoms with Gasteiger partial charge in [0.05, 0.1) is 30.2 Å². The molecule has 1 amide bonds. The van der Waals surface area contributed by atoms with Crippen LogP contribution in [0.15, 0.2) is 46.0 Å². The van der Waals surface area contributed by atoms with Gasteiger partial charge in [0.25, 0.3) is 0 Å². The molecule has 28 heavy (non-hydrogen) atoms. The summed E-state index contributed by atoms with van der Waals surface area (Å²) in [7, 11) is 0. The second-order valence-corrected chi connectivity index (χ2v) is 8.20. The molecule has 2 atom stereocenters. The Balaban J connectivity index is 1.30. The van der Waals surface area contributed by atoms with Crippen LogP contribution in [0.3, 0.4) is 0 Å². The molecule has 7 nitrogen and oxygen atoms in total. The summed E-state index contributed by atoms with van der Waals surface area (Å²) in [4.78, 5) is 25.7. The monoisotopic (exact) mass is 395 g/mol. The lowest BCUT2D eigenvalue weighted by Crippen LogP contribution is -2.47. The molecular weight excluding hydrogens is 374 g/mol. The van der Waals surface area contributed by atoms with Gasteiger partial charge in [0.15, 0.2) is 5.76 Å². The van der Waals surface area contributed by atoms with Crippen LogP contribution in [0.1, 0.15) is 24.3 Å². The topological polar surface area (TPSA) is 75.4 Å². The largest absolute Gasteiger partial charge is 0.359 e. The van der Waals surface area contributed by atoms with Gasteiger partial charge < -0.3 is 9.42 Å². The summed E-state index contributed by atoms with van der Waals surface area (Å²) >= 11 is 1.57. The first-order valence-electron chi connectivity index (χ1n) is 9.52. The molecule has 144 valence electrons. The van der Waals surface area contributed by atoms with Gasteiger partial charge in [-0.2, -0.15) is 0 Å². The van der Waals surface area contributed by atoms with E-state index >= 15 is 0 Å². The number of pyridine rings is 1. The van der Waals surface area contributed by atoms with Crippen molar-refractivity contribution < 1.29 is 9.32 Å². The second kappa shape index (κ2) is 7.44. The minimum atomic E-state index is 0.0555. The molecule has 0 unspecified atom stereocenters. The number of aromatic nitrogens is 3. The fourth-order valence-corrected chi connectivity index (χ4v) is 4.77. The predicted octanol–water partition coefficient (Wildman–Crippen LogP) is 2.82. The summed E-state index contributed by atoms with van der Waals surface area (Å²) in [6.45, 7) is 2.92. The van der Waals surface area contributed by atoms with Gasteiger partial charge in [-0.25, -0.2) is 4.98 Å². The van der Waals surface area contributed by atoms with E-state index in [0.29, 0.717) is 13.1 Å². The van der Waals surface area contributed by atoms with Crippen LogP contribution < -0.4 is 0 Å².